The Labute approximate surface area is 113 Å². The predicted octanol–water partition coefficient (Wildman–Crippen LogP) is 3.61. The monoisotopic (exact) mass is 289 g/mol. The number of rotatable bonds is 2. The molecule has 1 fully saturated rings. The van der Waals surface area contributed by atoms with E-state index in [9.17, 15) is 18.0 Å². The molecule has 1 heterocycles. The summed E-state index contributed by atoms with van der Waals surface area (Å²) in [6.07, 6.45) is -2.69. The number of hydrogen-bond donors (Lipinski definition) is 1. The second-order valence-electron chi connectivity index (χ2n) is 4.58. The van der Waals surface area contributed by atoms with E-state index in [1.165, 1.54) is 6.07 Å². The standard InChI is InChI=1S/C13H14F3NOS/c14-13(15,16)9-3-4-10(11(17)6-9)12(18)8-2-1-5-19-7-8/h3-4,6,8H,1-2,5,7,17H2. The van der Waals surface area contributed by atoms with Gasteiger partial charge in [0.05, 0.1) is 5.56 Å². The number of carbonyl (C=O) groups excluding carboxylic acids is 1. The Morgan fingerprint density at radius 1 is 1.37 bits per heavy atom. The Balaban J connectivity index is 2.23. The number of nitrogen functional groups attached to an aromatic ring is 1. The van der Waals surface area contributed by atoms with Gasteiger partial charge in [0.2, 0.25) is 0 Å². The highest BCUT2D eigenvalue weighted by Gasteiger charge is 2.32. The lowest BCUT2D eigenvalue weighted by Crippen LogP contribution is -2.22. The summed E-state index contributed by atoms with van der Waals surface area (Å²) in [7, 11) is 0. The van der Waals surface area contributed by atoms with Gasteiger partial charge >= 0.3 is 6.18 Å². The van der Waals surface area contributed by atoms with E-state index in [0.29, 0.717) is 0 Å². The van der Waals surface area contributed by atoms with Crippen LogP contribution in [0, 0.1) is 5.92 Å². The van der Waals surface area contributed by atoms with Gasteiger partial charge in [-0.3, -0.25) is 4.79 Å². The Bertz CT molecular complexity index is 481. The largest absolute Gasteiger partial charge is 0.416 e. The molecule has 0 spiro atoms. The Morgan fingerprint density at radius 3 is 2.63 bits per heavy atom. The summed E-state index contributed by atoms with van der Waals surface area (Å²) >= 11 is 1.70. The number of thioether (sulfide) groups is 1. The van der Waals surface area contributed by atoms with Gasteiger partial charge < -0.3 is 5.73 Å². The number of anilines is 1. The molecule has 1 aliphatic heterocycles. The topological polar surface area (TPSA) is 43.1 Å². The highest BCUT2D eigenvalue weighted by molar-refractivity contribution is 7.99. The van der Waals surface area contributed by atoms with Gasteiger partial charge in [0.1, 0.15) is 0 Å². The van der Waals surface area contributed by atoms with E-state index in [-0.39, 0.29) is 23.0 Å². The summed E-state index contributed by atoms with van der Waals surface area (Å²) in [5.74, 6) is 1.49. The van der Waals surface area contributed by atoms with Crippen molar-refractivity contribution in [2.45, 2.75) is 19.0 Å². The van der Waals surface area contributed by atoms with Crippen LogP contribution in [0.1, 0.15) is 28.8 Å². The van der Waals surface area contributed by atoms with Gasteiger partial charge in [-0.25, -0.2) is 0 Å². The molecule has 2 nitrogen and oxygen atoms in total. The van der Waals surface area contributed by atoms with Crippen LogP contribution >= 0.6 is 11.8 Å². The molecule has 1 aliphatic rings. The van der Waals surface area contributed by atoms with E-state index in [1.807, 2.05) is 0 Å². The minimum Gasteiger partial charge on any atom is -0.398 e. The van der Waals surface area contributed by atoms with Crippen LogP contribution < -0.4 is 5.73 Å². The lowest BCUT2D eigenvalue weighted by atomic mass is 9.93. The van der Waals surface area contributed by atoms with Crippen molar-refractivity contribution in [1.29, 1.82) is 0 Å². The van der Waals surface area contributed by atoms with E-state index in [0.717, 1.165) is 36.5 Å². The van der Waals surface area contributed by atoms with Crippen LogP contribution in [0.4, 0.5) is 18.9 Å². The zero-order chi connectivity index (χ0) is 14.0. The van der Waals surface area contributed by atoms with Gasteiger partial charge in [-0.05, 0) is 36.8 Å². The van der Waals surface area contributed by atoms with Crippen molar-refractivity contribution in [1.82, 2.24) is 0 Å². The third-order valence-corrected chi connectivity index (χ3v) is 4.39. The zero-order valence-corrected chi connectivity index (χ0v) is 11.0. The molecule has 0 radical (unpaired) electrons. The smallest absolute Gasteiger partial charge is 0.398 e. The lowest BCUT2D eigenvalue weighted by Gasteiger charge is -2.21. The number of halogens is 3. The maximum absolute atomic E-state index is 12.5. The van der Waals surface area contributed by atoms with Crippen LogP contribution in [0.2, 0.25) is 0 Å². The van der Waals surface area contributed by atoms with E-state index in [4.69, 9.17) is 5.73 Å². The van der Waals surface area contributed by atoms with Gasteiger partial charge in [-0.1, -0.05) is 0 Å². The Morgan fingerprint density at radius 2 is 2.11 bits per heavy atom. The van der Waals surface area contributed by atoms with Crippen molar-refractivity contribution < 1.29 is 18.0 Å². The number of carbonyl (C=O) groups is 1. The van der Waals surface area contributed by atoms with Gasteiger partial charge in [0.15, 0.2) is 5.78 Å². The van der Waals surface area contributed by atoms with Crippen LogP contribution in [0.15, 0.2) is 18.2 Å². The van der Waals surface area contributed by atoms with Gasteiger partial charge in [-0.15, -0.1) is 0 Å². The minimum absolute atomic E-state index is 0.0876. The van der Waals surface area contributed by atoms with Crippen molar-refractivity contribution in [3.63, 3.8) is 0 Å². The molecule has 0 aliphatic carbocycles. The van der Waals surface area contributed by atoms with Crippen LogP contribution in [0.25, 0.3) is 0 Å². The van der Waals surface area contributed by atoms with Gasteiger partial charge in [0.25, 0.3) is 0 Å². The molecule has 2 N–H and O–H groups in total. The quantitative estimate of drug-likeness (QED) is 0.668. The average Bonchev–Trinajstić information content (AvgIpc) is 2.38. The van der Waals surface area contributed by atoms with Crippen LogP contribution in [-0.4, -0.2) is 17.3 Å². The van der Waals surface area contributed by atoms with Crippen molar-refractivity contribution >= 4 is 23.2 Å². The molecule has 6 heteroatoms. The summed E-state index contributed by atoms with van der Waals surface area (Å²) in [6, 6.07) is 2.95. The first kappa shape index (κ1) is 14.2. The normalized spacial score (nSPS) is 20.3. The highest BCUT2D eigenvalue weighted by Crippen LogP contribution is 2.33. The van der Waals surface area contributed by atoms with Crippen molar-refractivity contribution in [2.24, 2.45) is 5.92 Å². The third-order valence-electron chi connectivity index (χ3n) is 3.18. The second kappa shape index (κ2) is 5.45. The fraction of sp³-hybridized carbons (Fsp3) is 0.462. The molecular weight excluding hydrogens is 275 g/mol. The van der Waals surface area contributed by atoms with Crippen molar-refractivity contribution in [3.8, 4) is 0 Å². The molecule has 0 aromatic heterocycles. The van der Waals surface area contributed by atoms with Crippen LogP contribution in [0.3, 0.4) is 0 Å². The molecule has 1 aromatic rings. The second-order valence-corrected chi connectivity index (χ2v) is 5.73. The van der Waals surface area contributed by atoms with Gasteiger partial charge in [0, 0.05) is 22.9 Å². The number of Topliss-reactive ketones (excluding diaryl/α,β-unsaturated/α-hetero) is 1. The first-order valence-electron chi connectivity index (χ1n) is 5.98. The molecule has 19 heavy (non-hydrogen) atoms. The lowest BCUT2D eigenvalue weighted by molar-refractivity contribution is -0.137. The molecule has 1 aromatic carbocycles. The number of nitrogens with two attached hydrogens (primary N) is 1. The molecule has 0 amide bonds. The maximum atomic E-state index is 12.5. The molecule has 0 bridgehead atoms. The first-order chi connectivity index (χ1) is 8.89. The molecule has 2 rings (SSSR count). The number of benzene rings is 1. The fourth-order valence-electron chi connectivity index (χ4n) is 2.13. The van der Waals surface area contributed by atoms with E-state index < -0.39 is 11.7 Å². The molecule has 1 unspecified atom stereocenters. The summed E-state index contributed by atoms with van der Waals surface area (Å²) < 4.78 is 37.5. The van der Waals surface area contributed by atoms with E-state index in [2.05, 4.69) is 0 Å². The predicted molar refractivity (Wildman–Crippen MR) is 70.2 cm³/mol. The zero-order valence-electron chi connectivity index (χ0n) is 10.2. The van der Waals surface area contributed by atoms with E-state index >= 15 is 0 Å². The summed E-state index contributed by atoms with van der Waals surface area (Å²) in [6.45, 7) is 0. The summed E-state index contributed by atoms with van der Waals surface area (Å²) in [5.41, 5.74) is 4.90. The molecular formula is C13H14F3NOS. The Hall–Kier alpha value is -1.17. The SMILES string of the molecule is Nc1cc(C(F)(F)F)ccc1C(=O)C1CCCSC1. The minimum atomic E-state index is -4.43. The van der Waals surface area contributed by atoms with Crippen LogP contribution in [0.5, 0.6) is 0 Å². The maximum Gasteiger partial charge on any atom is 0.416 e. The first-order valence-corrected chi connectivity index (χ1v) is 7.14. The molecule has 104 valence electrons. The third kappa shape index (κ3) is 3.23. The highest BCUT2D eigenvalue weighted by atomic mass is 32.2. The molecule has 1 saturated heterocycles. The fourth-order valence-corrected chi connectivity index (χ4v) is 3.27. The van der Waals surface area contributed by atoms with Crippen molar-refractivity contribution in [2.75, 3.05) is 17.2 Å². The molecule has 0 saturated carbocycles. The Kier molecular flexibility index (Phi) is 4.08. The summed E-state index contributed by atoms with van der Waals surface area (Å²) in [4.78, 5) is 12.2. The van der Waals surface area contributed by atoms with Crippen LogP contribution in [-0.2, 0) is 6.18 Å². The molecule has 1 atom stereocenters. The number of alkyl halides is 3. The average molecular weight is 289 g/mol. The number of hydrogen-bond acceptors (Lipinski definition) is 3. The summed E-state index contributed by atoms with van der Waals surface area (Å²) in [5, 5.41) is 0. The van der Waals surface area contributed by atoms with Crippen molar-refractivity contribution in [3.05, 3.63) is 29.3 Å². The number of ketones is 1. The van der Waals surface area contributed by atoms with E-state index in [1.54, 1.807) is 11.8 Å². The van der Waals surface area contributed by atoms with Gasteiger partial charge in [-0.2, -0.15) is 24.9 Å².